The Kier molecular flexibility index (Phi) is 4.16. The van der Waals surface area contributed by atoms with Crippen molar-refractivity contribution >= 4 is 22.8 Å². The van der Waals surface area contributed by atoms with Crippen LogP contribution in [0.25, 0.3) is 11.0 Å². The first-order chi connectivity index (χ1) is 12.6. The number of amides is 2. The lowest BCUT2D eigenvalue weighted by Crippen LogP contribution is -2.56. The van der Waals surface area contributed by atoms with Gasteiger partial charge in [0.2, 0.25) is 5.91 Å². The second-order valence-electron chi connectivity index (χ2n) is 6.68. The van der Waals surface area contributed by atoms with Crippen molar-refractivity contribution in [3.63, 3.8) is 0 Å². The largest absolute Gasteiger partial charge is 0.350 e. The minimum Gasteiger partial charge on any atom is -0.350 e. The molecule has 1 saturated heterocycles. The summed E-state index contributed by atoms with van der Waals surface area (Å²) in [4.78, 5) is 31.1. The highest BCUT2D eigenvalue weighted by Crippen LogP contribution is 2.16. The molecule has 6 heteroatoms. The molecular formula is C20H20N4O2. The third-order valence-electron chi connectivity index (χ3n) is 4.69. The summed E-state index contributed by atoms with van der Waals surface area (Å²) in [5.41, 5.74) is 2.26. The molecule has 6 nitrogen and oxygen atoms in total. The summed E-state index contributed by atoms with van der Waals surface area (Å²) in [6, 6.07) is 15.4. The number of nitrogens with zero attached hydrogens (tertiary/aromatic N) is 3. The Balaban J connectivity index is 1.54. The second kappa shape index (κ2) is 6.63. The van der Waals surface area contributed by atoms with E-state index in [4.69, 9.17) is 0 Å². The van der Waals surface area contributed by atoms with Gasteiger partial charge in [-0.25, -0.2) is 4.98 Å². The first-order valence-corrected chi connectivity index (χ1v) is 8.65. The minimum atomic E-state index is -0.207. The van der Waals surface area contributed by atoms with Crippen LogP contribution in [0.2, 0.25) is 0 Å². The zero-order valence-electron chi connectivity index (χ0n) is 14.6. The molecule has 0 radical (unpaired) electrons. The molecule has 1 atom stereocenters. The molecule has 2 amide bonds. The van der Waals surface area contributed by atoms with E-state index in [1.54, 1.807) is 11.0 Å². The van der Waals surface area contributed by atoms with Gasteiger partial charge in [0, 0.05) is 25.2 Å². The molecule has 0 unspecified atom stereocenters. The van der Waals surface area contributed by atoms with E-state index in [1.165, 1.54) is 0 Å². The molecule has 1 aliphatic rings. The molecule has 3 heterocycles. The number of nitrogens with one attached hydrogen (secondary N) is 1. The lowest BCUT2D eigenvalue weighted by molar-refractivity contribution is -0.124. The van der Waals surface area contributed by atoms with E-state index in [2.05, 4.69) is 10.3 Å². The van der Waals surface area contributed by atoms with E-state index < -0.39 is 0 Å². The molecule has 1 aliphatic heterocycles. The molecular weight excluding hydrogens is 328 g/mol. The normalized spacial score (nSPS) is 17.3. The van der Waals surface area contributed by atoms with E-state index >= 15 is 0 Å². The number of fused-ring (bicyclic) bond motifs is 1. The van der Waals surface area contributed by atoms with Crippen LogP contribution in [-0.2, 0) is 18.3 Å². The summed E-state index contributed by atoms with van der Waals surface area (Å²) in [6.45, 7) is 0.545. The van der Waals surface area contributed by atoms with Crippen molar-refractivity contribution in [1.82, 2.24) is 19.8 Å². The van der Waals surface area contributed by atoms with E-state index in [9.17, 15) is 9.59 Å². The van der Waals surface area contributed by atoms with Crippen molar-refractivity contribution < 1.29 is 9.59 Å². The molecule has 26 heavy (non-hydrogen) atoms. The van der Waals surface area contributed by atoms with Crippen LogP contribution in [0, 0.1) is 0 Å². The van der Waals surface area contributed by atoms with E-state index in [0.717, 1.165) is 16.6 Å². The fourth-order valence-corrected chi connectivity index (χ4v) is 3.41. The summed E-state index contributed by atoms with van der Waals surface area (Å²) >= 11 is 0. The molecule has 0 spiro atoms. The Bertz CT molecular complexity index is 964. The van der Waals surface area contributed by atoms with E-state index in [1.807, 2.05) is 60.3 Å². The molecule has 0 saturated carbocycles. The number of rotatable bonds is 3. The van der Waals surface area contributed by atoms with Crippen LogP contribution in [0.1, 0.15) is 16.1 Å². The van der Waals surface area contributed by atoms with Gasteiger partial charge in [-0.15, -0.1) is 0 Å². The third kappa shape index (κ3) is 3.18. The Labute approximate surface area is 151 Å². The SMILES string of the molecule is Cn1ccc2ccc(C(=O)N3CC(=O)N[C@@H](Cc4ccccc4)C3)nc21. The monoisotopic (exact) mass is 348 g/mol. The number of benzene rings is 1. The second-order valence-corrected chi connectivity index (χ2v) is 6.68. The third-order valence-corrected chi connectivity index (χ3v) is 4.69. The molecule has 1 N–H and O–H groups in total. The molecule has 2 aromatic heterocycles. The fraction of sp³-hybridized carbons (Fsp3) is 0.250. The lowest BCUT2D eigenvalue weighted by atomic mass is 10.0. The van der Waals surface area contributed by atoms with Crippen LogP contribution in [0.5, 0.6) is 0 Å². The average molecular weight is 348 g/mol. The van der Waals surface area contributed by atoms with Gasteiger partial charge in [-0.1, -0.05) is 30.3 Å². The number of aryl methyl sites for hydroxylation is 1. The van der Waals surface area contributed by atoms with Crippen molar-refractivity contribution in [2.75, 3.05) is 13.1 Å². The van der Waals surface area contributed by atoms with Crippen molar-refractivity contribution in [1.29, 1.82) is 0 Å². The molecule has 3 aromatic rings. The fourth-order valence-electron chi connectivity index (χ4n) is 3.41. The number of carbonyl (C=O) groups excluding carboxylic acids is 2. The zero-order valence-corrected chi connectivity index (χ0v) is 14.6. The topological polar surface area (TPSA) is 67.2 Å². The Morgan fingerprint density at radius 1 is 1.19 bits per heavy atom. The van der Waals surface area contributed by atoms with Crippen LogP contribution in [0.3, 0.4) is 0 Å². The maximum atomic E-state index is 12.9. The Morgan fingerprint density at radius 3 is 2.81 bits per heavy atom. The van der Waals surface area contributed by atoms with Gasteiger partial charge in [0.05, 0.1) is 12.6 Å². The molecule has 132 valence electrons. The predicted molar refractivity (Wildman–Crippen MR) is 98.7 cm³/mol. The van der Waals surface area contributed by atoms with Crippen molar-refractivity contribution in [2.24, 2.45) is 7.05 Å². The summed E-state index contributed by atoms with van der Waals surface area (Å²) in [5.74, 6) is -0.341. The highest BCUT2D eigenvalue weighted by Gasteiger charge is 2.29. The number of aromatic nitrogens is 2. The van der Waals surface area contributed by atoms with Crippen LogP contribution in [0.4, 0.5) is 0 Å². The maximum absolute atomic E-state index is 12.9. The van der Waals surface area contributed by atoms with Crippen molar-refractivity contribution in [2.45, 2.75) is 12.5 Å². The lowest BCUT2D eigenvalue weighted by Gasteiger charge is -2.33. The van der Waals surface area contributed by atoms with Crippen LogP contribution < -0.4 is 5.32 Å². The molecule has 0 bridgehead atoms. The summed E-state index contributed by atoms with van der Waals surface area (Å²) < 4.78 is 1.88. The van der Waals surface area contributed by atoms with Gasteiger partial charge in [-0.3, -0.25) is 9.59 Å². The summed E-state index contributed by atoms with van der Waals surface area (Å²) in [5, 5.41) is 3.97. The van der Waals surface area contributed by atoms with Gasteiger partial charge in [0.25, 0.3) is 5.91 Å². The first kappa shape index (κ1) is 16.3. The quantitative estimate of drug-likeness (QED) is 0.784. The van der Waals surface area contributed by atoms with Crippen molar-refractivity contribution in [3.05, 3.63) is 66.0 Å². The number of hydrogen-bond acceptors (Lipinski definition) is 3. The Hall–Kier alpha value is -3.15. The van der Waals surface area contributed by atoms with Crippen LogP contribution >= 0.6 is 0 Å². The minimum absolute atomic E-state index is 0.0664. The highest BCUT2D eigenvalue weighted by molar-refractivity contribution is 5.97. The van der Waals surface area contributed by atoms with E-state index in [-0.39, 0.29) is 24.4 Å². The Morgan fingerprint density at radius 2 is 2.00 bits per heavy atom. The average Bonchev–Trinajstić information content (AvgIpc) is 3.02. The van der Waals surface area contributed by atoms with Crippen LogP contribution in [-0.4, -0.2) is 45.4 Å². The van der Waals surface area contributed by atoms with Gasteiger partial charge >= 0.3 is 0 Å². The predicted octanol–water partition coefficient (Wildman–Crippen LogP) is 1.76. The number of hydrogen-bond donors (Lipinski definition) is 1. The molecule has 1 fully saturated rings. The highest BCUT2D eigenvalue weighted by atomic mass is 16.2. The van der Waals surface area contributed by atoms with Gasteiger partial charge in [0.1, 0.15) is 11.3 Å². The summed E-state index contributed by atoms with van der Waals surface area (Å²) in [7, 11) is 1.90. The van der Waals surface area contributed by atoms with Gasteiger partial charge < -0.3 is 14.8 Å². The van der Waals surface area contributed by atoms with Gasteiger partial charge in [0.15, 0.2) is 0 Å². The number of carbonyl (C=O) groups is 2. The van der Waals surface area contributed by atoms with Gasteiger partial charge in [-0.05, 0) is 30.2 Å². The zero-order chi connectivity index (χ0) is 18.1. The molecule has 0 aliphatic carbocycles. The van der Waals surface area contributed by atoms with Crippen molar-refractivity contribution in [3.8, 4) is 0 Å². The maximum Gasteiger partial charge on any atom is 0.273 e. The van der Waals surface area contributed by atoms with Crippen LogP contribution in [0.15, 0.2) is 54.7 Å². The standard InChI is InChI=1S/C20H20N4O2/c1-23-10-9-15-7-8-17(22-19(15)23)20(26)24-12-16(21-18(25)13-24)11-14-5-3-2-4-6-14/h2-10,16H,11-13H2,1H3,(H,21,25)/t16-/m0/s1. The number of piperazine rings is 1. The number of pyridine rings is 1. The first-order valence-electron chi connectivity index (χ1n) is 8.65. The van der Waals surface area contributed by atoms with Gasteiger partial charge in [-0.2, -0.15) is 0 Å². The summed E-state index contributed by atoms with van der Waals surface area (Å²) in [6.07, 6.45) is 2.61. The van der Waals surface area contributed by atoms with E-state index in [0.29, 0.717) is 18.7 Å². The smallest absolute Gasteiger partial charge is 0.273 e. The molecule has 1 aromatic carbocycles. The molecule has 4 rings (SSSR count).